The van der Waals surface area contributed by atoms with E-state index in [4.69, 9.17) is 14.9 Å². The van der Waals surface area contributed by atoms with Crippen molar-refractivity contribution in [3.63, 3.8) is 0 Å². The largest absolute Gasteiger partial charge is 0.426 e. The first-order chi connectivity index (χ1) is 10.1. The number of para-hydroxylation sites is 1. The van der Waals surface area contributed by atoms with Crippen molar-refractivity contribution in [2.45, 2.75) is 13.0 Å². The molecule has 1 aromatic carbocycles. The van der Waals surface area contributed by atoms with Crippen LogP contribution in [0.4, 0.5) is 4.79 Å². The molecule has 0 spiro atoms. The van der Waals surface area contributed by atoms with Crippen LogP contribution in [0, 0.1) is 11.8 Å². The number of rotatable bonds is 3. The van der Waals surface area contributed by atoms with E-state index in [1.807, 2.05) is 18.2 Å². The van der Waals surface area contributed by atoms with E-state index in [2.05, 4.69) is 11.8 Å². The molecule has 1 atom stereocenters. The van der Waals surface area contributed by atoms with E-state index in [0.717, 1.165) is 0 Å². The molecule has 0 aliphatic rings. The number of nitrogens with zero attached hydrogens (tertiary/aromatic N) is 1. The van der Waals surface area contributed by atoms with Gasteiger partial charge in [-0.05, 0) is 31.0 Å². The maximum atomic E-state index is 10.7. The number of hydroxylamine groups is 2. The average Bonchev–Trinajstić information content (AvgIpc) is 2.92. The van der Waals surface area contributed by atoms with E-state index in [1.165, 1.54) is 6.92 Å². The zero-order chi connectivity index (χ0) is 15.2. The van der Waals surface area contributed by atoms with E-state index in [-0.39, 0.29) is 0 Å². The quantitative estimate of drug-likeness (QED) is 0.515. The number of primary amides is 1. The second-order valence-corrected chi connectivity index (χ2v) is 4.16. The van der Waals surface area contributed by atoms with Crippen LogP contribution in [-0.4, -0.2) is 22.3 Å². The number of carbonyl (C=O) groups is 1. The Balaban J connectivity index is 2.02. The van der Waals surface area contributed by atoms with Crippen LogP contribution in [0.2, 0.25) is 0 Å². The molecule has 0 saturated heterocycles. The molecule has 2 amide bonds. The Labute approximate surface area is 121 Å². The molecule has 1 heterocycles. The summed E-state index contributed by atoms with van der Waals surface area (Å²) < 4.78 is 10.8. The van der Waals surface area contributed by atoms with Gasteiger partial charge in [-0.15, -0.1) is 0 Å². The highest BCUT2D eigenvalue weighted by molar-refractivity contribution is 5.71. The lowest BCUT2D eigenvalue weighted by Crippen LogP contribution is -2.38. The van der Waals surface area contributed by atoms with Crippen molar-refractivity contribution in [1.29, 1.82) is 0 Å². The van der Waals surface area contributed by atoms with Crippen molar-refractivity contribution >= 4 is 6.03 Å². The van der Waals surface area contributed by atoms with Crippen molar-refractivity contribution in [2.24, 2.45) is 5.73 Å². The van der Waals surface area contributed by atoms with Crippen LogP contribution in [0.3, 0.4) is 0 Å². The Morgan fingerprint density at radius 1 is 1.33 bits per heavy atom. The molecule has 2 rings (SSSR count). The minimum absolute atomic E-state index is 0.300. The lowest BCUT2D eigenvalue weighted by atomic mass is 10.3. The van der Waals surface area contributed by atoms with Crippen molar-refractivity contribution in [3.8, 4) is 23.5 Å². The topological polar surface area (TPSA) is 88.9 Å². The summed E-state index contributed by atoms with van der Waals surface area (Å²) in [7, 11) is 0. The standard InChI is InChI=1S/C15H14N2O4/c1-11(17(19)15(16)18)7-8-13-9-10-14(21-13)20-12-5-3-2-4-6-12/h2-6,9-11,19H,1H3,(H2,16,18). The van der Waals surface area contributed by atoms with Crippen LogP contribution < -0.4 is 10.5 Å². The zero-order valence-electron chi connectivity index (χ0n) is 11.3. The van der Waals surface area contributed by atoms with Crippen molar-refractivity contribution in [2.75, 3.05) is 0 Å². The van der Waals surface area contributed by atoms with Gasteiger partial charge in [0.1, 0.15) is 11.8 Å². The van der Waals surface area contributed by atoms with Gasteiger partial charge in [0.05, 0.1) is 0 Å². The lowest BCUT2D eigenvalue weighted by molar-refractivity contribution is -0.0536. The normalized spacial score (nSPS) is 11.1. The number of furan rings is 1. The molecular weight excluding hydrogens is 272 g/mol. The third-order valence-electron chi connectivity index (χ3n) is 2.54. The predicted octanol–water partition coefficient (Wildman–Crippen LogP) is 2.58. The highest BCUT2D eigenvalue weighted by Crippen LogP contribution is 2.22. The molecule has 0 fully saturated rings. The fourth-order valence-electron chi connectivity index (χ4n) is 1.47. The van der Waals surface area contributed by atoms with Gasteiger partial charge in [0.2, 0.25) is 0 Å². The molecule has 0 saturated carbocycles. The first kappa shape index (κ1) is 14.5. The van der Waals surface area contributed by atoms with Crippen LogP contribution in [-0.2, 0) is 0 Å². The van der Waals surface area contributed by atoms with Crippen LogP contribution in [0.1, 0.15) is 12.7 Å². The fourth-order valence-corrected chi connectivity index (χ4v) is 1.47. The van der Waals surface area contributed by atoms with Gasteiger partial charge in [-0.2, -0.15) is 5.06 Å². The Morgan fingerprint density at radius 2 is 2.05 bits per heavy atom. The summed E-state index contributed by atoms with van der Waals surface area (Å²) >= 11 is 0. The Kier molecular flexibility index (Phi) is 4.49. The van der Waals surface area contributed by atoms with Crippen molar-refractivity contribution in [3.05, 3.63) is 48.2 Å². The maximum Gasteiger partial charge on any atom is 0.339 e. The number of ether oxygens (including phenoxy) is 1. The van der Waals surface area contributed by atoms with Crippen LogP contribution in [0.5, 0.6) is 11.7 Å². The molecule has 6 heteroatoms. The van der Waals surface area contributed by atoms with Gasteiger partial charge in [0, 0.05) is 6.07 Å². The minimum atomic E-state index is -0.968. The highest BCUT2D eigenvalue weighted by Gasteiger charge is 2.12. The molecule has 1 aromatic heterocycles. The van der Waals surface area contributed by atoms with Gasteiger partial charge in [0.25, 0.3) is 5.95 Å². The van der Waals surface area contributed by atoms with Gasteiger partial charge in [-0.25, -0.2) is 4.79 Å². The summed E-state index contributed by atoms with van der Waals surface area (Å²) in [5.74, 6) is 6.61. The van der Waals surface area contributed by atoms with Gasteiger partial charge < -0.3 is 14.9 Å². The highest BCUT2D eigenvalue weighted by atomic mass is 16.6. The second-order valence-electron chi connectivity index (χ2n) is 4.16. The number of amides is 2. The van der Waals surface area contributed by atoms with Crippen LogP contribution in [0.25, 0.3) is 0 Å². The summed E-state index contributed by atoms with van der Waals surface area (Å²) in [6.07, 6.45) is 0. The van der Waals surface area contributed by atoms with E-state index in [1.54, 1.807) is 24.3 Å². The van der Waals surface area contributed by atoms with Crippen LogP contribution >= 0.6 is 0 Å². The molecule has 0 aliphatic carbocycles. The summed E-state index contributed by atoms with van der Waals surface area (Å²) in [5.41, 5.74) is 4.92. The van der Waals surface area contributed by atoms with Gasteiger partial charge in [-0.3, -0.25) is 5.21 Å². The lowest BCUT2D eigenvalue weighted by Gasteiger charge is -2.14. The van der Waals surface area contributed by atoms with Crippen LogP contribution in [0.15, 0.2) is 46.9 Å². The van der Waals surface area contributed by atoms with E-state index < -0.39 is 12.1 Å². The summed E-state index contributed by atoms with van der Waals surface area (Å²) in [4.78, 5) is 10.7. The maximum absolute atomic E-state index is 10.7. The Morgan fingerprint density at radius 3 is 2.71 bits per heavy atom. The number of hydrogen-bond acceptors (Lipinski definition) is 4. The van der Waals surface area contributed by atoms with E-state index in [0.29, 0.717) is 22.5 Å². The smallest absolute Gasteiger partial charge is 0.339 e. The molecule has 0 bridgehead atoms. The molecule has 21 heavy (non-hydrogen) atoms. The zero-order valence-corrected chi connectivity index (χ0v) is 11.3. The minimum Gasteiger partial charge on any atom is -0.426 e. The Hall–Kier alpha value is -2.91. The van der Waals surface area contributed by atoms with Gasteiger partial charge in [0.15, 0.2) is 5.76 Å². The second kappa shape index (κ2) is 6.50. The van der Waals surface area contributed by atoms with Crippen molar-refractivity contribution in [1.82, 2.24) is 5.06 Å². The molecule has 1 unspecified atom stereocenters. The van der Waals surface area contributed by atoms with E-state index in [9.17, 15) is 10.0 Å². The van der Waals surface area contributed by atoms with Crippen molar-refractivity contribution < 1.29 is 19.2 Å². The summed E-state index contributed by atoms with van der Waals surface area (Å²) in [5, 5.41) is 9.62. The van der Waals surface area contributed by atoms with Gasteiger partial charge in [-0.1, -0.05) is 24.1 Å². The monoisotopic (exact) mass is 286 g/mol. The molecular formula is C15H14N2O4. The number of benzene rings is 1. The number of urea groups is 1. The molecule has 0 radical (unpaired) electrons. The molecule has 3 N–H and O–H groups in total. The Bertz CT molecular complexity index is 670. The molecule has 2 aromatic rings. The third-order valence-corrected chi connectivity index (χ3v) is 2.54. The molecule has 6 nitrogen and oxygen atoms in total. The molecule has 108 valence electrons. The average molecular weight is 286 g/mol. The summed E-state index contributed by atoms with van der Waals surface area (Å²) in [6, 6.07) is 10.7. The third kappa shape index (κ3) is 4.03. The fraction of sp³-hybridized carbons (Fsp3) is 0.133. The predicted molar refractivity (Wildman–Crippen MR) is 74.8 cm³/mol. The van der Waals surface area contributed by atoms with Gasteiger partial charge >= 0.3 is 6.03 Å². The first-order valence-electron chi connectivity index (χ1n) is 6.18. The SMILES string of the molecule is CC(C#Cc1ccc(Oc2ccccc2)o1)N(O)C(N)=O. The molecule has 0 aliphatic heterocycles. The number of carbonyl (C=O) groups excluding carboxylic acids is 1. The number of hydrogen-bond donors (Lipinski definition) is 2. The number of nitrogens with two attached hydrogens (primary N) is 1. The summed E-state index contributed by atoms with van der Waals surface area (Å²) in [6.45, 7) is 1.53. The first-order valence-corrected chi connectivity index (χ1v) is 6.18. The van der Waals surface area contributed by atoms with E-state index >= 15 is 0 Å².